The highest BCUT2D eigenvalue weighted by molar-refractivity contribution is 7.15. The van der Waals surface area contributed by atoms with Gasteiger partial charge < -0.3 is 15.0 Å². The van der Waals surface area contributed by atoms with Crippen molar-refractivity contribution in [3.8, 4) is 0 Å². The number of nitrogens with one attached hydrogen (secondary N) is 1. The third-order valence-corrected chi connectivity index (χ3v) is 4.50. The Morgan fingerprint density at radius 2 is 2.33 bits per heavy atom. The van der Waals surface area contributed by atoms with Crippen LogP contribution in [-0.2, 0) is 11.3 Å². The molecule has 1 unspecified atom stereocenters. The molecule has 1 aliphatic heterocycles. The number of hydrogen-bond donors (Lipinski definition) is 1. The van der Waals surface area contributed by atoms with Crippen molar-refractivity contribution >= 4 is 16.5 Å². The monoisotopic (exact) mass is 269 g/mol. The highest BCUT2D eigenvalue weighted by Crippen LogP contribution is 2.27. The maximum absolute atomic E-state index is 5.70. The van der Waals surface area contributed by atoms with Crippen LogP contribution < -0.4 is 10.2 Å². The van der Waals surface area contributed by atoms with E-state index in [1.54, 1.807) is 0 Å². The highest BCUT2D eigenvalue weighted by atomic mass is 32.1. The summed E-state index contributed by atoms with van der Waals surface area (Å²) in [4.78, 5) is 8.42. The summed E-state index contributed by atoms with van der Waals surface area (Å²) in [6, 6.07) is 0. The number of ether oxygens (including phenoxy) is 1. The van der Waals surface area contributed by atoms with E-state index in [4.69, 9.17) is 9.72 Å². The van der Waals surface area contributed by atoms with Crippen molar-refractivity contribution in [3.05, 3.63) is 10.6 Å². The number of morpholine rings is 1. The predicted octanol–water partition coefficient (Wildman–Crippen LogP) is 2.18. The Balaban J connectivity index is 2.03. The first-order chi connectivity index (χ1) is 8.74. The summed E-state index contributed by atoms with van der Waals surface area (Å²) in [5.74, 6) is 0. The van der Waals surface area contributed by atoms with Crippen LogP contribution in [0.1, 0.15) is 30.8 Å². The first-order valence-electron chi connectivity index (χ1n) is 6.78. The molecule has 102 valence electrons. The minimum Gasteiger partial charge on any atom is -0.375 e. The van der Waals surface area contributed by atoms with Gasteiger partial charge in [-0.25, -0.2) is 4.98 Å². The number of thiazole rings is 1. The van der Waals surface area contributed by atoms with E-state index in [0.29, 0.717) is 6.10 Å². The molecule has 18 heavy (non-hydrogen) atoms. The van der Waals surface area contributed by atoms with Gasteiger partial charge in [0.2, 0.25) is 0 Å². The predicted molar refractivity (Wildman–Crippen MR) is 76.5 cm³/mol. The Labute approximate surface area is 113 Å². The molecular weight excluding hydrogens is 246 g/mol. The molecule has 0 amide bonds. The molecule has 0 aliphatic carbocycles. The molecule has 1 fully saturated rings. The summed E-state index contributed by atoms with van der Waals surface area (Å²) in [5.41, 5.74) is 1.16. The number of aromatic nitrogens is 1. The smallest absolute Gasteiger partial charge is 0.185 e. The molecular formula is C13H23N3OS. The maximum atomic E-state index is 5.70. The SMILES string of the molecule is CCNCc1sc(N2CCOC(CC)C2)nc1C. The second kappa shape index (κ2) is 6.50. The fourth-order valence-electron chi connectivity index (χ4n) is 2.09. The van der Waals surface area contributed by atoms with Crippen molar-refractivity contribution in [3.63, 3.8) is 0 Å². The van der Waals surface area contributed by atoms with E-state index in [0.717, 1.165) is 50.0 Å². The summed E-state index contributed by atoms with van der Waals surface area (Å²) in [6.45, 7) is 11.1. The van der Waals surface area contributed by atoms with Gasteiger partial charge in [-0.1, -0.05) is 13.8 Å². The lowest BCUT2D eigenvalue weighted by molar-refractivity contribution is 0.0384. The number of anilines is 1. The molecule has 0 aromatic carbocycles. The Hall–Kier alpha value is -0.650. The number of rotatable bonds is 5. The highest BCUT2D eigenvalue weighted by Gasteiger charge is 2.22. The summed E-state index contributed by atoms with van der Waals surface area (Å²) in [5, 5.41) is 4.52. The third-order valence-electron chi connectivity index (χ3n) is 3.28. The van der Waals surface area contributed by atoms with Gasteiger partial charge in [0.1, 0.15) is 0 Å². The van der Waals surface area contributed by atoms with E-state index < -0.39 is 0 Å². The molecule has 1 aromatic heterocycles. The number of aryl methyl sites for hydroxylation is 1. The molecule has 1 aliphatic rings. The van der Waals surface area contributed by atoms with Crippen LogP contribution in [0, 0.1) is 6.92 Å². The molecule has 0 spiro atoms. The van der Waals surface area contributed by atoms with Crippen molar-refractivity contribution in [1.82, 2.24) is 10.3 Å². The van der Waals surface area contributed by atoms with Gasteiger partial charge in [0.25, 0.3) is 0 Å². The van der Waals surface area contributed by atoms with Crippen molar-refractivity contribution in [1.29, 1.82) is 0 Å². The fraction of sp³-hybridized carbons (Fsp3) is 0.769. The van der Waals surface area contributed by atoms with E-state index in [1.807, 2.05) is 11.3 Å². The van der Waals surface area contributed by atoms with Crippen LogP contribution in [0.5, 0.6) is 0 Å². The Bertz CT molecular complexity index is 380. The van der Waals surface area contributed by atoms with Crippen LogP contribution >= 0.6 is 11.3 Å². The molecule has 1 aromatic rings. The fourth-order valence-corrected chi connectivity index (χ4v) is 3.16. The van der Waals surface area contributed by atoms with E-state index >= 15 is 0 Å². The van der Waals surface area contributed by atoms with Crippen molar-refractivity contribution in [2.45, 2.75) is 39.8 Å². The number of hydrogen-bond acceptors (Lipinski definition) is 5. The van der Waals surface area contributed by atoms with E-state index in [1.165, 1.54) is 4.88 Å². The summed E-state index contributed by atoms with van der Waals surface area (Å²) in [6.07, 6.45) is 1.44. The topological polar surface area (TPSA) is 37.4 Å². The van der Waals surface area contributed by atoms with E-state index in [2.05, 4.69) is 31.0 Å². The molecule has 0 radical (unpaired) electrons. The Morgan fingerprint density at radius 1 is 1.50 bits per heavy atom. The Morgan fingerprint density at radius 3 is 3.06 bits per heavy atom. The summed E-state index contributed by atoms with van der Waals surface area (Å²) < 4.78 is 5.70. The van der Waals surface area contributed by atoms with Crippen LogP contribution in [0.2, 0.25) is 0 Å². The molecule has 0 saturated carbocycles. The lowest BCUT2D eigenvalue weighted by atomic mass is 10.2. The second-order valence-corrected chi connectivity index (χ2v) is 5.69. The zero-order valence-corrected chi connectivity index (χ0v) is 12.3. The zero-order chi connectivity index (χ0) is 13.0. The lowest BCUT2D eigenvalue weighted by Gasteiger charge is -2.32. The van der Waals surface area contributed by atoms with Crippen molar-refractivity contribution in [2.75, 3.05) is 31.1 Å². The van der Waals surface area contributed by atoms with Crippen LogP contribution in [0.4, 0.5) is 5.13 Å². The summed E-state index contributed by atoms with van der Waals surface area (Å²) in [7, 11) is 0. The van der Waals surface area contributed by atoms with Gasteiger partial charge >= 0.3 is 0 Å². The molecule has 1 saturated heterocycles. The molecule has 4 nitrogen and oxygen atoms in total. The molecule has 2 rings (SSSR count). The molecule has 1 N–H and O–H groups in total. The van der Waals surface area contributed by atoms with E-state index in [9.17, 15) is 0 Å². The minimum absolute atomic E-state index is 0.361. The molecule has 1 atom stereocenters. The van der Waals surface area contributed by atoms with Gasteiger partial charge in [-0.05, 0) is 19.9 Å². The molecule has 0 bridgehead atoms. The molecule has 2 heterocycles. The average molecular weight is 269 g/mol. The van der Waals surface area contributed by atoms with Gasteiger partial charge in [0, 0.05) is 24.5 Å². The van der Waals surface area contributed by atoms with Gasteiger partial charge in [0.15, 0.2) is 5.13 Å². The van der Waals surface area contributed by atoms with Gasteiger partial charge in [0.05, 0.1) is 18.4 Å². The zero-order valence-electron chi connectivity index (χ0n) is 11.5. The van der Waals surface area contributed by atoms with Gasteiger partial charge in [-0.2, -0.15) is 0 Å². The molecule has 5 heteroatoms. The standard InChI is InChI=1S/C13H23N3OS/c1-4-11-9-16(6-7-17-11)13-15-10(3)12(18-13)8-14-5-2/h11,14H,4-9H2,1-3H3. The van der Waals surface area contributed by atoms with Gasteiger partial charge in [-0.3, -0.25) is 0 Å². The van der Waals surface area contributed by atoms with E-state index in [-0.39, 0.29) is 0 Å². The van der Waals surface area contributed by atoms with Crippen LogP contribution in [-0.4, -0.2) is 37.3 Å². The van der Waals surface area contributed by atoms with Crippen LogP contribution in [0.25, 0.3) is 0 Å². The lowest BCUT2D eigenvalue weighted by Crippen LogP contribution is -2.42. The largest absolute Gasteiger partial charge is 0.375 e. The maximum Gasteiger partial charge on any atom is 0.185 e. The number of nitrogens with zero attached hydrogens (tertiary/aromatic N) is 2. The summed E-state index contributed by atoms with van der Waals surface area (Å²) >= 11 is 1.82. The first-order valence-corrected chi connectivity index (χ1v) is 7.59. The average Bonchev–Trinajstić information content (AvgIpc) is 2.78. The van der Waals surface area contributed by atoms with Crippen molar-refractivity contribution < 1.29 is 4.74 Å². The van der Waals surface area contributed by atoms with Crippen LogP contribution in [0.3, 0.4) is 0 Å². The quantitative estimate of drug-likeness (QED) is 0.889. The normalized spacial score (nSPS) is 20.4. The minimum atomic E-state index is 0.361. The van der Waals surface area contributed by atoms with Crippen LogP contribution in [0.15, 0.2) is 0 Å². The Kier molecular flexibility index (Phi) is 4.97. The first kappa shape index (κ1) is 13.8. The third kappa shape index (κ3) is 3.22. The van der Waals surface area contributed by atoms with Gasteiger partial charge in [-0.15, -0.1) is 11.3 Å². The second-order valence-electron chi connectivity index (χ2n) is 4.63. The van der Waals surface area contributed by atoms with Crippen molar-refractivity contribution in [2.24, 2.45) is 0 Å².